The van der Waals surface area contributed by atoms with E-state index in [0.29, 0.717) is 0 Å². The average molecular weight is 248 g/mol. The summed E-state index contributed by atoms with van der Waals surface area (Å²) in [5.41, 5.74) is 2.12. The van der Waals surface area contributed by atoms with Crippen molar-refractivity contribution in [3.63, 3.8) is 0 Å². The molecule has 1 aliphatic rings. The quantitative estimate of drug-likeness (QED) is 0.786. The largest absolute Gasteiger partial charge is 0.487 e. The summed E-state index contributed by atoms with van der Waals surface area (Å²) in [6.45, 7) is 12.7. The SMILES string of the molecule is Cc1ccc(OC2CC(C)(C)OC2(C)C)c(C)c1. The highest BCUT2D eigenvalue weighted by Crippen LogP contribution is 2.40. The Morgan fingerprint density at radius 3 is 2.33 bits per heavy atom. The molecule has 2 rings (SSSR count). The Morgan fingerprint density at radius 2 is 1.83 bits per heavy atom. The van der Waals surface area contributed by atoms with Gasteiger partial charge in [-0.2, -0.15) is 0 Å². The number of hydrogen-bond acceptors (Lipinski definition) is 2. The number of aryl methyl sites for hydroxylation is 2. The molecular formula is C16H24O2. The van der Waals surface area contributed by atoms with Gasteiger partial charge in [0.1, 0.15) is 17.5 Å². The number of hydrogen-bond donors (Lipinski definition) is 0. The van der Waals surface area contributed by atoms with Gasteiger partial charge < -0.3 is 9.47 Å². The Balaban J connectivity index is 2.19. The lowest BCUT2D eigenvalue weighted by Gasteiger charge is -2.28. The summed E-state index contributed by atoms with van der Waals surface area (Å²) < 4.78 is 12.2. The smallest absolute Gasteiger partial charge is 0.130 e. The predicted molar refractivity (Wildman–Crippen MR) is 74.2 cm³/mol. The highest BCUT2D eigenvalue weighted by Gasteiger charge is 2.47. The van der Waals surface area contributed by atoms with Crippen LogP contribution in [-0.2, 0) is 4.74 Å². The molecule has 0 aromatic heterocycles. The van der Waals surface area contributed by atoms with E-state index in [1.54, 1.807) is 0 Å². The van der Waals surface area contributed by atoms with Crippen molar-refractivity contribution < 1.29 is 9.47 Å². The van der Waals surface area contributed by atoms with E-state index in [2.05, 4.69) is 59.7 Å². The molecule has 1 aromatic rings. The number of rotatable bonds is 2. The minimum atomic E-state index is -0.235. The third-order valence-electron chi connectivity index (χ3n) is 3.59. The van der Waals surface area contributed by atoms with Crippen LogP contribution in [0.15, 0.2) is 18.2 Å². The van der Waals surface area contributed by atoms with Crippen molar-refractivity contribution >= 4 is 0 Å². The molecule has 1 heterocycles. The van der Waals surface area contributed by atoms with Crippen LogP contribution in [0.1, 0.15) is 45.2 Å². The van der Waals surface area contributed by atoms with E-state index in [-0.39, 0.29) is 17.3 Å². The lowest BCUT2D eigenvalue weighted by molar-refractivity contribution is -0.0846. The van der Waals surface area contributed by atoms with Gasteiger partial charge in [-0.15, -0.1) is 0 Å². The van der Waals surface area contributed by atoms with E-state index in [9.17, 15) is 0 Å². The summed E-state index contributed by atoms with van der Waals surface area (Å²) in [6.07, 6.45) is 1.03. The second-order valence-corrected chi connectivity index (χ2v) is 6.54. The van der Waals surface area contributed by atoms with Crippen molar-refractivity contribution in [3.05, 3.63) is 29.3 Å². The molecule has 0 spiro atoms. The van der Waals surface area contributed by atoms with E-state index in [1.165, 1.54) is 11.1 Å². The summed E-state index contributed by atoms with van der Waals surface area (Å²) in [4.78, 5) is 0. The van der Waals surface area contributed by atoms with Crippen LogP contribution in [0.25, 0.3) is 0 Å². The van der Waals surface area contributed by atoms with Crippen LogP contribution in [0, 0.1) is 13.8 Å². The first kappa shape index (κ1) is 13.4. The number of ether oxygens (including phenoxy) is 2. The van der Waals surface area contributed by atoms with Crippen molar-refractivity contribution in [2.24, 2.45) is 0 Å². The van der Waals surface area contributed by atoms with Crippen molar-refractivity contribution in [1.29, 1.82) is 0 Å². The Labute approximate surface area is 110 Å². The molecule has 1 aliphatic heterocycles. The first-order valence-corrected chi connectivity index (χ1v) is 6.64. The van der Waals surface area contributed by atoms with Gasteiger partial charge in [0.25, 0.3) is 0 Å². The van der Waals surface area contributed by atoms with Gasteiger partial charge >= 0.3 is 0 Å². The molecule has 0 bridgehead atoms. The molecule has 0 radical (unpaired) electrons. The monoisotopic (exact) mass is 248 g/mol. The lowest BCUT2D eigenvalue weighted by atomic mass is 9.97. The van der Waals surface area contributed by atoms with Crippen molar-refractivity contribution in [3.8, 4) is 5.75 Å². The van der Waals surface area contributed by atoms with Crippen molar-refractivity contribution in [2.45, 2.75) is 65.3 Å². The minimum absolute atomic E-state index is 0.104. The fourth-order valence-corrected chi connectivity index (χ4v) is 2.78. The van der Waals surface area contributed by atoms with Crippen LogP contribution in [-0.4, -0.2) is 17.3 Å². The van der Waals surface area contributed by atoms with Gasteiger partial charge in [-0.05, 0) is 53.2 Å². The normalized spacial score (nSPS) is 25.1. The highest BCUT2D eigenvalue weighted by atomic mass is 16.6. The first-order valence-electron chi connectivity index (χ1n) is 6.64. The van der Waals surface area contributed by atoms with E-state index in [4.69, 9.17) is 9.47 Å². The zero-order valence-corrected chi connectivity index (χ0v) is 12.3. The Morgan fingerprint density at radius 1 is 1.17 bits per heavy atom. The van der Waals surface area contributed by atoms with E-state index in [1.807, 2.05) is 0 Å². The summed E-state index contributed by atoms with van der Waals surface area (Å²) in [6, 6.07) is 6.31. The van der Waals surface area contributed by atoms with Gasteiger partial charge in [-0.25, -0.2) is 0 Å². The van der Waals surface area contributed by atoms with Crippen molar-refractivity contribution in [2.75, 3.05) is 0 Å². The van der Waals surface area contributed by atoms with Crippen molar-refractivity contribution in [1.82, 2.24) is 0 Å². The van der Waals surface area contributed by atoms with Crippen LogP contribution < -0.4 is 4.74 Å². The standard InChI is InChI=1S/C16H24O2/c1-11-7-8-13(12(2)9-11)17-14-10-15(3,4)18-16(14,5)6/h7-9,14H,10H2,1-6H3. The topological polar surface area (TPSA) is 18.5 Å². The Bertz CT molecular complexity index is 446. The second-order valence-electron chi connectivity index (χ2n) is 6.54. The Kier molecular flexibility index (Phi) is 3.18. The molecule has 1 fully saturated rings. The molecule has 1 saturated heterocycles. The van der Waals surface area contributed by atoms with Crippen LogP contribution in [0.4, 0.5) is 0 Å². The fourth-order valence-electron chi connectivity index (χ4n) is 2.78. The lowest BCUT2D eigenvalue weighted by Crippen LogP contribution is -2.36. The summed E-state index contributed by atoms with van der Waals surface area (Å²) in [5.74, 6) is 0.972. The first-order chi connectivity index (χ1) is 8.20. The molecule has 1 unspecified atom stereocenters. The van der Waals surface area contributed by atoms with E-state index in [0.717, 1.165) is 12.2 Å². The molecule has 0 aliphatic carbocycles. The zero-order valence-electron chi connectivity index (χ0n) is 12.3. The van der Waals surface area contributed by atoms with Gasteiger partial charge in [-0.3, -0.25) is 0 Å². The summed E-state index contributed by atoms with van der Waals surface area (Å²) >= 11 is 0. The molecular weight excluding hydrogens is 224 g/mol. The average Bonchev–Trinajstić information content (AvgIpc) is 2.39. The minimum Gasteiger partial charge on any atom is -0.487 e. The number of benzene rings is 1. The predicted octanol–water partition coefficient (Wildman–Crippen LogP) is 4.03. The van der Waals surface area contributed by atoms with Crippen LogP contribution >= 0.6 is 0 Å². The van der Waals surface area contributed by atoms with Gasteiger partial charge in [0.15, 0.2) is 0 Å². The Hall–Kier alpha value is -1.02. The molecule has 0 amide bonds. The van der Waals surface area contributed by atoms with Gasteiger partial charge in [0.2, 0.25) is 0 Å². The summed E-state index contributed by atoms with van der Waals surface area (Å²) in [7, 11) is 0. The van der Waals surface area contributed by atoms with Gasteiger partial charge in [-0.1, -0.05) is 17.7 Å². The zero-order chi connectivity index (χ0) is 13.6. The molecule has 1 atom stereocenters. The maximum atomic E-state index is 6.19. The molecule has 2 heteroatoms. The third-order valence-corrected chi connectivity index (χ3v) is 3.59. The van der Waals surface area contributed by atoms with Crippen LogP contribution in [0.3, 0.4) is 0 Å². The molecule has 100 valence electrons. The highest BCUT2D eigenvalue weighted by molar-refractivity contribution is 5.36. The van der Waals surface area contributed by atoms with E-state index < -0.39 is 0 Å². The third kappa shape index (κ3) is 2.69. The molecule has 2 nitrogen and oxygen atoms in total. The fraction of sp³-hybridized carbons (Fsp3) is 0.625. The maximum absolute atomic E-state index is 6.19. The van der Waals surface area contributed by atoms with Crippen LogP contribution in [0.5, 0.6) is 5.75 Å². The maximum Gasteiger partial charge on any atom is 0.130 e. The molecule has 0 saturated carbocycles. The second kappa shape index (κ2) is 4.27. The van der Waals surface area contributed by atoms with E-state index >= 15 is 0 Å². The molecule has 18 heavy (non-hydrogen) atoms. The molecule has 0 N–H and O–H groups in total. The van der Waals surface area contributed by atoms with Gasteiger partial charge in [0, 0.05) is 6.42 Å². The molecule has 1 aromatic carbocycles. The summed E-state index contributed by atoms with van der Waals surface area (Å²) in [5, 5.41) is 0. The van der Waals surface area contributed by atoms with Crippen LogP contribution in [0.2, 0.25) is 0 Å². The van der Waals surface area contributed by atoms with Gasteiger partial charge in [0.05, 0.1) is 5.60 Å².